The standard InChI is InChI=1S/C14H12N4O2/c1-10(12-5-3-2-4-6-12)17-14-13(18(19)20)7-11(8-15)9-16-14/h2-7,9-10H,1H3,(H,16,17). The maximum Gasteiger partial charge on any atom is 0.312 e. The topological polar surface area (TPSA) is 91.8 Å². The molecule has 1 unspecified atom stereocenters. The highest BCUT2D eigenvalue weighted by molar-refractivity contribution is 5.59. The van der Waals surface area contributed by atoms with Crippen LogP contribution in [0.1, 0.15) is 24.1 Å². The zero-order valence-electron chi connectivity index (χ0n) is 10.8. The molecule has 0 aliphatic rings. The number of nitrogens with zero attached hydrogens (tertiary/aromatic N) is 3. The summed E-state index contributed by atoms with van der Waals surface area (Å²) in [4.78, 5) is 14.4. The van der Waals surface area contributed by atoms with Crippen LogP contribution in [0.2, 0.25) is 0 Å². The van der Waals surface area contributed by atoms with Crippen LogP contribution in [0.15, 0.2) is 42.6 Å². The zero-order valence-corrected chi connectivity index (χ0v) is 10.8. The normalized spacial score (nSPS) is 11.4. The maximum absolute atomic E-state index is 11.0. The van der Waals surface area contributed by atoms with Crippen molar-refractivity contribution in [2.45, 2.75) is 13.0 Å². The van der Waals surface area contributed by atoms with Gasteiger partial charge in [-0.3, -0.25) is 10.1 Å². The van der Waals surface area contributed by atoms with Crippen molar-refractivity contribution in [3.63, 3.8) is 0 Å². The number of hydrogen-bond donors (Lipinski definition) is 1. The third-order valence-electron chi connectivity index (χ3n) is 2.85. The van der Waals surface area contributed by atoms with Crippen molar-refractivity contribution in [3.05, 3.63) is 63.8 Å². The first-order chi connectivity index (χ1) is 9.61. The fraction of sp³-hybridized carbons (Fsp3) is 0.143. The van der Waals surface area contributed by atoms with Crippen LogP contribution in [0.25, 0.3) is 0 Å². The van der Waals surface area contributed by atoms with Gasteiger partial charge in [-0.05, 0) is 12.5 Å². The second kappa shape index (κ2) is 5.80. The number of aromatic nitrogens is 1. The van der Waals surface area contributed by atoms with Crippen molar-refractivity contribution in [2.24, 2.45) is 0 Å². The molecule has 6 heteroatoms. The minimum atomic E-state index is -0.548. The summed E-state index contributed by atoms with van der Waals surface area (Å²) in [6.45, 7) is 1.89. The van der Waals surface area contributed by atoms with Crippen LogP contribution in [-0.2, 0) is 0 Å². The Morgan fingerprint density at radius 1 is 1.40 bits per heavy atom. The number of anilines is 1. The summed E-state index contributed by atoms with van der Waals surface area (Å²) < 4.78 is 0. The number of rotatable bonds is 4. The van der Waals surface area contributed by atoms with E-state index in [9.17, 15) is 10.1 Å². The van der Waals surface area contributed by atoms with Gasteiger partial charge in [-0.25, -0.2) is 4.98 Å². The molecule has 0 aliphatic carbocycles. The number of benzene rings is 1. The summed E-state index contributed by atoms with van der Waals surface area (Å²) in [5, 5.41) is 22.8. The Morgan fingerprint density at radius 3 is 2.70 bits per heavy atom. The molecule has 0 amide bonds. The van der Waals surface area contributed by atoms with E-state index < -0.39 is 4.92 Å². The molecule has 1 aromatic heterocycles. The first-order valence-corrected chi connectivity index (χ1v) is 5.98. The second-order valence-corrected chi connectivity index (χ2v) is 4.24. The Bertz CT molecular complexity index is 665. The van der Waals surface area contributed by atoms with E-state index in [0.29, 0.717) is 0 Å². The van der Waals surface area contributed by atoms with E-state index in [1.807, 2.05) is 43.3 Å². The molecule has 2 rings (SSSR count). The Hall–Kier alpha value is -2.94. The predicted molar refractivity (Wildman–Crippen MR) is 74.1 cm³/mol. The van der Waals surface area contributed by atoms with Gasteiger partial charge in [-0.2, -0.15) is 5.26 Å². The quantitative estimate of drug-likeness (QED) is 0.679. The van der Waals surface area contributed by atoms with Crippen molar-refractivity contribution < 1.29 is 4.92 Å². The Morgan fingerprint density at radius 2 is 2.10 bits per heavy atom. The van der Waals surface area contributed by atoms with Gasteiger partial charge >= 0.3 is 5.69 Å². The van der Waals surface area contributed by atoms with Crippen molar-refractivity contribution in [1.29, 1.82) is 5.26 Å². The number of pyridine rings is 1. The Labute approximate surface area is 115 Å². The van der Waals surface area contributed by atoms with Crippen molar-refractivity contribution in [1.82, 2.24) is 4.98 Å². The lowest BCUT2D eigenvalue weighted by atomic mass is 10.1. The summed E-state index contributed by atoms with van der Waals surface area (Å²) in [6.07, 6.45) is 1.31. The molecule has 1 atom stereocenters. The largest absolute Gasteiger partial charge is 0.358 e. The van der Waals surface area contributed by atoms with E-state index in [0.717, 1.165) is 5.56 Å². The van der Waals surface area contributed by atoms with Crippen LogP contribution >= 0.6 is 0 Å². The van der Waals surface area contributed by atoms with E-state index in [2.05, 4.69) is 10.3 Å². The molecule has 0 spiro atoms. The van der Waals surface area contributed by atoms with E-state index in [1.54, 1.807) is 0 Å². The van der Waals surface area contributed by atoms with Crippen LogP contribution in [0.5, 0.6) is 0 Å². The molecular weight excluding hydrogens is 256 g/mol. The van der Waals surface area contributed by atoms with Crippen LogP contribution < -0.4 is 5.32 Å². The van der Waals surface area contributed by atoms with Gasteiger partial charge in [0.15, 0.2) is 0 Å². The smallest absolute Gasteiger partial charge is 0.312 e. The van der Waals surface area contributed by atoms with Gasteiger partial charge in [0, 0.05) is 12.3 Å². The lowest BCUT2D eigenvalue weighted by molar-refractivity contribution is -0.384. The fourth-order valence-corrected chi connectivity index (χ4v) is 1.79. The fourth-order valence-electron chi connectivity index (χ4n) is 1.79. The molecule has 0 saturated heterocycles. The predicted octanol–water partition coefficient (Wildman–Crippen LogP) is 3.03. The SMILES string of the molecule is CC(Nc1ncc(C#N)cc1[N+](=O)[O-])c1ccccc1. The molecule has 0 fully saturated rings. The molecule has 1 heterocycles. The monoisotopic (exact) mass is 268 g/mol. The Kier molecular flexibility index (Phi) is 3.91. The van der Waals surface area contributed by atoms with Crippen molar-refractivity contribution in [3.8, 4) is 6.07 Å². The lowest BCUT2D eigenvalue weighted by Gasteiger charge is -2.14. The molecule has 2 aromatic rings. The minimum Gasteiger partial charge on any atom is -0.358 e. The number of hydrogen-bond acceptors (Lipinski definition) is 5. The highest BCUT2D eigenvalue weighted by atomic mass is 16.6. The molecule has 0 aliphatic heterocycles. The molecule has 1 aromatic carbocycles. The van der Waals surface area contributed by atoms with Crippen molar-refractivity contribution in [2.75, 3.05) is 5.32 Å². The van der Waals surface area contributed by atoms with E-state index in [1.165, 1.54) is 12.3 Å². The summed E-state index contributed by atoms with van der Waals surface area (Å²) in [5.74, 6) is 0.158. The molecule has 1 N–H and O–H groups in total. The second-order valence-electron chi connectivity index (χ2n) is 4.24. The average Bonchev–Trinajstić information content (AvgIpc) is 2.48. The third kappa shape index (κ3) is 2.90. The Balaban J connectivity index is 2.30. The number of nitriles is 1. The molecule has 0 bridgehead atoms. The molecular formula is C14H12N4O2. The zero-order chi connectivity index (χ0) is 14.5. The number of nitrogens with one attached hydrogen (secondary N) is 1. The first kappa shape index (κ1) is 13.5. The van der Waals surface area contributed by atoms with Gasteiger partial charge in [-0.15, -0.1) is 0 Å². The van der Waals surface area contributed by atoms with Crippen LogP contribution in [0, 0.1) is 21.4 Å². The lowest BCUT2D eigenvalue weighted by Crippen LogP contribution is -2.10. The number of nitro groups is 1. The first-order valence-electron chi connectivity index (χ1n) is 5.98. The van der Waals surface area contributed by atoms with E-state index >= 15 is 0 Å². The van der Waals surface area contributed by atoms with E-state index in [4.69, 9.17) is 5.26 Å². The summed E-state index contributed by atoms with van der Waals surface area (Å²) in [7, 11) is 0. The van der Waals surface area contributed by atoms with Gasteiger partial charge in [0.1, 0.15) is 6.07 Å². The summed E-state index contributed by atoms with van der Waals surface area (Å²) in [5.41, 5.74) is 0.953. The minimum absolute atomic E-state index is 0.129. The highest BCUT2D eigenvalue weighted by Gasteiger charge is 2.18. The molecule has 0 radical (unpaired) electrons. The summed E-state index contributed by atoms with van der Waals surface area (Å²) >= 11 is 0. The van der Waals surface area contributed by atoms with Gasteiger partial charge in [0.2, 0.25) is 5.82 Å². The van der Waals surface area contributed by atoms with Gasteiger partial charge in [-0.1, -0.05) is 30.3 Å². The van der Waals surface area contributed by atoms with Crippen LogP contribution in [0.4, 0.5) is 11.5 Å². The molecule has 6 nitrogen and oxygen atoms in total. The van der Waals surface area contributed by atoms with Crippen LogP contribution in [0.3, 0.4) is 0 Å². The van der Waals surface area contributed by atoms with Crippen molar-refractivity contribution >= 4 is 11.5 Å². The van der Waals surface area contributed by atoms with Gasteiger partial charge < -0.3 is 5.32 Å². The third-order valence-corrected chi connectivity index (χ3v) is 2.85. The molecule has 0 saturated carbocycles. The molecule has 100 valence electrons. The maximum atomic E-state index is 11.0. The average molecular weight is 268 g/mol. The van der Waals surface area contributed by atoms with Crippen LogP contribution in [-0.4, -0.2) is 9.91 Å². The summed E-state index contributed by atoms with van der Waals surface area (Å²) in [6, 6.07) is 12.5. The molecule has 20 heavy (non-hydrogen) atoms. The van der Waals surface area contributed by atoms with Gasteiger partial charge in [0.25, 0.3) is 0 Å². The highest BCUT2D eigenvalue weighted by Crippen LogP contribution is 2.26. The van der Waals surface area contributed by atoms with E-state index in [-0.39, 0.29) is 23.1 Å². The van der Waals surface area contributed by atoms with Gasteiger partial charge in [0.05, 0.1) is 16.5 Å².